The lowest BCUT2D eigenvalue weighted by atomic mass is 9.95. The van der Waals surface area contributed by atoms with Crippen LogP contribution in [-0.4, -0.2) is 0 Å². The number of furan rings is 1. The minimum absolute atomic E-state index is 0.865. The van der Waals surface area contributed by atoms with Crippen molar-refractivity contribution in [3.05, 3.63) is 182 Å². The van der Waals surface area contributed by atoms with Crippen molar-refractivity contribution < 1.29 is 4.42 Å². The zero-order chi connectivity index (χ0) is 33.7. The maximum atomic E-state index is 6.44. The van der Waals surface area contributed by atoms with E-state index in [4.69, 9.17) is 4.42 Å². The summed E-state index contributed by atoms with van der Waals surface area (Å²) in [6, 6.07) is 65.0. The topological polar surface area (TPSA) is 25.2 Å². The van der Waals surface area contributed by atoms with E-state index in [9.17, 15) is 0 Å². The normalized spacial score (nSPS) is 11.5. The molecule has 51 heavy (non-hydrogen) atoms. The van der Waals surface area contributed by atoms with Crippen LogP contribution in [0.2, 0.25) is 0 Å². The van der Waals surface area contributed by atoms with Crippen molar-refractivity contribution in [3.8, 4) is 44.5 Å². The molecule has 2 nitrogen and oxygen atoms in total. The second kappa shape index (κ2) is 12.2. The molecule has 0 spiro atoms. The van der Waals surface area contributed by atoms with Crippen molar-refractivity contribution in [2.45, 2.75) is 0 Å². The van der Waals surface area contributed by atoms with Crippen LogP contribution in [0.4, 0.5) is 11.4 Å². The van der Waals surface area contributed by atoms with E-state index in [0.29, 0.717) is 0 Å². The van der Waals surface area contributed by atoms with Crippen LogP contribution in [0.15, 0.2) is 186 Å². The SMILES string of the molecule is c1ccc(-c2cccc(-c3ccc(-c4cccc5oc6cccc(Nc7ccc(-c8ccc9sc%10ccccc%10c9c8)cc7)c6c45)cc3)c2)cc1. The molecular weight excluding hydrogens is 639 g/mol. The van der Waals surface area contributed by atoms with E-state index >= 15 is 0 Å². The third-order valence-electron chi connectivity index (χ3n) is 9.90. The van der Waals surface area contributed by atoms with Crippen molar-refractivity contribution in [1.82, 2.24) is 0 Å². The van der Waals surface area contributed by atoms with Gasteiger partial charge in [-0.2, -0.15) is 0 Å². The van der Waals surface area contributed by atoms with Gasteiger partial charge in [-0.15, -0.1) is 11.3 Å². The first-order valence-corrected chi connectivity index (χ1v) is 18.1. The van der Waals surface area contributed by atoms with Crippen LogP contribution in [0.25, 0.3) is 86.6 Å². The van der Waals surface area contributed by atoms with E-state index in [1.165, 1.54) is 53.6 Å². The summed E-state index contributed by atoms with van der Waals surface area (Å²) < 4.78 is 9.09. The first kappa shape index (κ1) is 29.5. The van der Waals surface area contributed by atoms with Crippen LogP contribution in [0.1, 0.15) is 0 Å². The van der Waals surface area contributed by atoms with Gasteiger partial charge in [0.2, 0.25) is 0 Å². The van der Waals surface area contributed by atoms with Crippen LogP contribution in [0.5, 0.6) is 0 Å². The van der Waals surface area contributed by atoms with E-state index in [0.717, 1.165) is 44.4 Å². The largest absolute Gasteiger partial charge is 0.456 e. The van der Waals surface area contributed by atoms with Crippen LogP contribution in [0, 0.1) is 0 Å². The van der Waals surface area contributed by atoms with E-state index in [1.54, 1.807) is 0 Å². The van der Waals surface area contributed by atoms with Crippen molar-refractivity contribution in [2.75, 3.05) is 5.32 Å². The molecule has 8 aromatic carbocycles. The summed E-state index contributed by atoms with van der Waals surface area (Å²) in [7, 11) is 0. The minimum Gasteiger partial charge on any atom is -0.456 e. The molecular formula is C48H31NOS. The van der Waals surface area contributed by atoms with Gasteiger partial charge in [-0.05, 0) is 99.1 Å². The maximum absolute atomic E-state index is 6.44. The van der Waals surface area contributed by atoms with Crippen molar-refractivity contribution in [2.24, 2.45) is 0 Å². The second-order valence-corrected chi connectivity index (χ2v) is 14.1. The molecule has 0 saturated carbocycles. The molecule has 240 valence electrons. The number of rotatable bonds is 6. The fraction of sp³-hybridized carbons (Fsp3) is 0. The summed E-state index contributed by atoms with van der Waals surface area (Å²) in [5.41, 5.74) is 13.3. The predicted molar refractivity (Wildman–Crippen MR) is 218 cm³/mol. The number of hydrogen-bond acceptors (Lipinski definition) is 3. The Morgan fingerprint density at radius 3 is 1.75 bits per heavy atom. The van der Waals surface area contributed by atoms with Gasteiger partial charge in [-0.25, -0.2) is 0 Å². The number of anilines is 2. The molecule has 10 rings (SSSR count). The zero-order valence-corrected chi connectivity index (χ0v) is 28.5. The Morgan fingerprint density at radius 2 is 0.941 bits per heavy atom. The van der Waals surface area contributed by atoms with Gasteiger partial charge in [0, 0.05) is 31.2 Å². The Labute approximate surface area is 299 Å². The fourth-order valence-electron chi connectivity index (χ4n) is 7.37. The fourth-order valence-corrected chi connectivity index (χ4v) is 8.46. The molecule has 0 aliphatic heterocycles. The molecule has 3 heteroatoms. The second-order valence-electron chi connectivity index (χ2n) is 13.0. The van der Waals surface area contributed by atoms with Crippen LogP contribution >= 0.6 is 11.3 Å². The van der Waals surface area contributed by atoms with Gasteiger partial charge in [-0.1, -0.05) is 127 Å². The molecule has 0 bridgehead atoms. The lowest BCUT2D eigenvalue weighted by Crippen LogP contribution is -1.91. The Bertz CT molecular complexity index is 2860. The van der Waals surface area contributed by atoms with Gasteiger partial charge in [0.1, 0.15) is 11.2 Å². The number of nitrogens with one attached hydrogen (secondary N) is 1. The van der Waals surface area contributed by atoms with Gasteiger partial charge in [0.15, 0.2) is 0 Å². The molecule has 2 heterocycles. The minimum atomic E-state index is 0.865. The molecule has 0 atom stereocenters. The summed E-state index contributed by atoms with van der Waals surface area (Å²) in [4.78, 5) is 0. The monoisotopic (exact) mass is 669 g/mol. The third kappa shape index (κ3) is 5.27. The molecule has 0 fully saturated rings. The van der Waals surface area contributed by atoms with E-state index < -0.39 is 0 Å². The van der Waals surface area contributed by atoms with Gasteiger partial charge in [0.25, 0.3) is 0 Å². The highest BCUT2D eigenvalue weighted by Crippen LogP contribution is 2.42. The molecule has 0 aliphatic rings. The molecule has 0 unspecified atom stereocenters. The Kier molecular flexibility index (Phi) is 7.04. The summed E-state index contributed by atoms with van der Waals surface area (Å²) in [5, 5.41) is 8.56. The molecule has 10 aromatic rings. The average Bonchev–Trinajstić information content (AvgIpc) is 3.77. The van der Waals surface area contributed by atoms with Crippen LogP contribution in [-0.2, 0) is 0 Å². The highest BCUT2D eigenvalue weighted by molar-refractivity contribution is 7.25. The highest BCUT2D eigenvalue weighted by atomic mass is 32.1. The van der Waals surface area contributed by atoms with Gasteiger partial charge in [-0.3, -0.25) is 0 Å². The molecule has 0 amide bonds. The summed E-state index contributed by atoms with van der Waals surface area (Å²) in [6.45, 7) is 0. The lowest BCUT2D eigenvalue weighted by Gasteiger charge is -2.11. The first-order valence-electron chi connectivity index (χ1n) is 17.2. The van der Waals surface area contributed by atoms with Gasteiger partial charge < -0.3 is 9.73 Å². The summed E-state index contributed by atoms with van der Waals surface area (Å²) >= 11 is 1.85. The van der Waals surface area contributed by atoms with E-state index in [-0.39, 0.29) is 0 Å². The van der Waals surface area contributed by atoms with Crippen molar-refractivity contribution in [1.29, 1.82) is 0 Å². The quantitative estimate of drug-likeness (QED) is 0.191. The molecule has 0 radical (unpaired) electrons. The lowest BCUT2D eigenvalue weighted by molar-refractivity contribution is 0.669. The van der Waals surface area contributed by atoms with E-state index in [2.05, 4.69) is 187 Å². The summed E-state index contributed by atoms with van der Waals surface area (Å²) in [5.74, 6) is 0. The predicted octanol–water partition coefficient (Wildman–Crippen LogP) is 14.4. The maximum Gasteiger partial charge on any atom is 0.137 e. The zero-order valence-electron chi connectivity index (χ0n) is 27.6. The van der Waals surface area contributed by atoms with Crippen molar-refractivity contribution >= 4 is 64.8 Å². The number of benzene rings is 8. The molecule has 2 aromatic heterocycles. The highest BCUT2D eigenvalue weighted by Gasteiger charge is 2.16. The van der Waals surface area contributed by atoms with E-state index in [1.807, 2.05) is 11.3 Å². The number of thiophene rings is 1. The van der Waals surface area contributed by atoms with Crippen molar-refractivity contribution in [3.63, 3.8) is 0 Å². The van der Waals surface area contributed by atoms with Gasteiger partial charge >= 0.3 is 0 Å². The standard InChI is InChI=1S/C48H31NOS/c1-2-9-31(10-3-1)35-11-6-12-36(29-35)32-19-21-34(22-20-32)39-14-7-16-43-47(39)48-42(15-8-17-44(48)50-43)49-38-26-23-33(24-27-38)37-25-28-46-41(30-37)40-13-4-5-18-45(40)51-46/h1-30,49H. The molecule has 0 aliphatic carbocycles. The first-order chi connectivity index (χ1) is 25.2. The summed E-state index contributed by atoms with van der Waals surface area (Å²) in [6.07, 6.45) is 0. The third-order valence-corrected chi connectivity index (χ3v) is 11.0. The Balaban J connectivity index is 0.978. The smallest absolute Gasteiger partial charge is 0.137 e. The van der Waals surface area contributed by atoms with Gasteiger partial charge in [0.05, 0.1) is 11.1 Å². The number of hydrogen-bond donors (Lipinski definition) is 1. The average molecular weight is 670 g/mol. The molecule has 0 saturated heterocycles. The Morgan fingerprint density at radius 1 is 0.373 bits per heavy atom. The van der Waals surface area contributed by atoms with Crippen LogP contribution in [0.3, 0.4) is 0 Å². The Hall–Kier alpha value is -6.42. The number of fused-ring (bicyclic) bond motifs is 6. The van der Waals surface area contributed by atoms with Crippen LogP contribution < -0.4 is 5.32 Å². The molecule has 1 N–H and O–H groups in total.